The highest BCUT2D eigenvalue weighted by atomic mass is 16.5. The third-order valence-electron chi connectivity index (χ3n) is 7.24. The molecule has 0 saturated carbocycles. The van der Waals surface area contributed by atoms with Gasteiger partial charge in [-0.15, -0.1) is 0 Å². The first-order valence-electron chi connectivity index (χ1n) is 13.0. The summed E-state index contributed by atoms with van der Waals surface area (Å²) < 4.78 is 5.89. The van der Waals surface area contributed by atoms with Crippen molar-refractivity contribution in [1.29, 1.82) is 0 Å². The number of rotatable bonds is 9. The minimum Gasteiger partial charge on any atom is -0.481 e. The topological polar surface area (TPSA) is 45.6 Å². The predicted molar refractivity (Wildman–Crippen MR) is 156 cm³/mol. The van der Waals surface area contributed by atoms with E-state index in [-0.39, 0.29) is 0 Å². The molecule has 192 valence electrons. The first-order valence-corrected chi connectivity index (χ1v) is 13.0. The SMILES string of the molecule is COc1nc2ccc(-c3ccccc3)cc2cc1C(c1ccccc1)C(O)(CCN(C)C)c1ccccc1. The summed E-state index contributed by atoms with van der Waals surface area (Å²) in [6, 6.07) is 39.0. The molecule has 2 unspecified atom stereocenters. The highest BCUT2D eigenvalue weighted by Gasteiger charge is 2.42. The second-order valence-corrected chi connectivity index (χ2v) is 10.0. The number of fused-ring (bicyclic) bond motifs is 1. The lowest BCUT2D eigenvalue weighted by atomic mass is 9.71. The zero-order valence-electron chi connectivity index (χ0n) is 22.2. The molecule has 0 bridgehead atoms. The Balaban J connectivity index is 1.75. The Labute approximate surface area is 225 Å². The van der Waals surface area contributed by atoms with Crippen molar-refractivity contribution in [2.45, 2.75) is 17.9 Å². The highest BCUT2D eigenvalue weighted by Crippen LogP contribution is 2.47. The zero-order chi connectivity index (χ0) is 26.5. The summed E-state index contributed by atoms with van der Waals surface area (Å²) in [6.45, 7) is 0.718. The molecule has 0 amide bonds. The fraction of sp³-hybridized carbons (Fsp3) is 0.206. The number of aromatic nitrogens is 1. The number of benzene rings is 4. The molecule has 4 aromatic carbocycles. The minimum absolute atomic E-state index is 0.404. The van der Waals surface area contributed by atoms with Gasteiger partial charge in [0.1, 0.15) is 5.60 Å². The molecule has 5 rings (SSSR count). The average Bonchev–Trinajstić information content (AvgIpc) is 2.97. The van der Waals surface area contributed by atoms with Crippen LogP contribution in [-0.4, -0.2) is 42.7 Å². The molecular formula is C34H34N2O2. The van der Waals surface area contributed by atoms with Gasteiger partial charge in [0.15, 0.2) is 0 Å². The molecule has 0 radical (unpaired) electrons. The Kier molecular flexibility index (Phi) is 7.54. The number of ether oxygens (including phenoxy) is 1. The number of hydrogen-bond acceptors (Lipinski definition) is 4. The first-order chi connectivity index (χ1) is 18.5. The predicted octanol–water partition coefficient (Wildman–Crippen LogP) is 6.88. The molecule has 0 saturated heterocycles. The van der Waals surface area contributed by atoms with Gasteiger partial charge >= 0.3 is 0 Å². The van der Waals surface area contributed by atoms with Gasteiger partial charge < -0.3 is 14.7 Å². The number of hydrogen-bond donors (Lipinski definition) is 1. The van der Waals surface area contributed by atoms with Crippen LogP contribution in [0.3, 0.4) is 0 Å². The van der Waals surface area contributed by atoms with E-state index >= 15 is 0 Å². The molecule has 0 fully saturated rings. The van der Waals surface area contributed by atoms with Crippen molar-refractivity contribution in [2.24, 2.45) is 0 Å². The lowest BCUT2D eigenvalue weighted by Crippen LogP contribution is -2.37. The standard InChI is InChI=1S/C34H34N2O2/c1-36(2)22-21-34(37,29-17-11-6-12-18-29)32(26-15-9-5-10-16-26)30-24-28-23-27(25-13-7-4-8-14-25)19-20-31(28)35-33(30)38-3/h4-20,23-24,32,37H,21-22H2,1-3H3. The molecule has 0 aliphatic carbocycles. The monoisotopic (exact) mass is 502 g/mol. The van der Waals surface area contributed by atoms with Crippen molar-refractivity contribution in [3.8, 4) is 17.0 Å². The van der Waals surface area contributed by atoms with Crippen molar-refractivity contribution >= 4 is 10.9 Å². The quantitative estimate of drug-likeness (QED) is 0.239. The molecule has 38 heavy (non-hydrogen) atoms. The second kappa shape index (κ2) is 11.2. The number of pyridine rings is 1. The van der Waals surface area contributed by atoms with E-state index in [1.54, 1.807) is 7.11 Å². The molecule has 0 spiro atoms. The molecule has 1 N–H and O–H groups in total. The molecule has 0 aliphatic rings. The van der Waals surface area contributed by atoms with E-state index in [0.717, 1.165) is 45.3 Å². The summed E-state index contributed by atoms with van der Waals surface area (Å²) in [7, 11) is 5.72. The van der Waals surface area contributed by atoms with Crippen molar-refractivity contribution in [1.82, 2.24) is 9.88 Å². The average molecular weight is 503 g/mol. The number of methoxy groups -OCH3 is 1. The van der Waals surface area contributed by atoms with Crippen LogP contribution in [0.25, 0.3) is 22.0 Å². The Morgan fingerprint density at radius 1 is 0.789 bits per heavy atom. The smallest absolute Gasteiger partial charge is 0.217 e. The van der Waals surface area contributed by atoms with Crippen LogP contribution in [0.4, 0.5) is 0 Å². The summed E-state index contributed by atoms with van der Waals surface area (Å²) >= 11 is 0. The lowest BCUT2D eigenvalue weighted by Gasteiger charge is -2.39. The van der Waals surface area contributed by atoms with Crippen LogP contribution >= 0.6 is 0 Å². The van der Waals surface area contributed by atoms with Crippen LogP contribution in [0.5, 0.6) is 5.88 Å². The molecule has 2 atom stereocenters. The fourth-order valence-electron chi connectivity index (χ4n) is 5.29. The minimum atomic E-state index is -1.20. The molecule has 1 aromatic heterocycles. The Hall–Kier alpha value is -3.99. The molecule has 5 aromatic rings. The summed E-state index contributed by atoms with van der Waals surface area (Å²) in [5.41, 5.74) is 4.67. The maximum atomic E-state index is 12.7. The summed E-state index contributed by atoms with van der Waals surface area (Å²) in [4.78, 5) is 7.04. The van der Waals surface area contributed by atoms with Crippen molar-refractivity contribution in [3.63, 3.8) is 0 Å². The van der Waals surface area contributed by atoms with Gasteiger partial charge in [0.2, 0.25) is 5.88 Å². The Morgan fingerprint density at radius 2 is 1.42 bits per heavy atom. The van der Waals surface area contributed by atoms with Gasteiger partial charge in [-0.05, 0) is 61.0 Å². The molecule has 4 heteroatoms. The normalized spacial score (nSPS) is 13.8. The van der Waals surface area contributed by atoms with Crippen LogP contribution in [0.1, 0.15) is 29.0 Å². The van der Waals surface area contributed by atoms with Gasteiger partial charge in [-0.25, -0.2) is 4.98 Å². The van der Waals surface area contributed by atoms with E-state index < -0.39 is 11.5 Å². The second-order valence-electron chi connectivity index (χ2n) is 10.0. The Morgan fingerprint density at radius 3 is 2.05 bits per heavy atom. The van der Waals surface area contributed by atoms with E-state index in [4.69, 9.17) is 9.72 Å². The van der Waals surface area contributed by atoms with Gasteiger partial charge in [0, 0.05) is 23.4 Å². The number of aliphatic hydroxyl groups is 1. The van der Waals surface area contributed by atoms with E-state index in [0.29, 0.717) is 12.3 Å². The fourth-order valence-corrected chi connectivity index (χ4v) is 5.29. The summed E-state index contributed by atoms with van der Waals surface area (Å²) in [5, 5.41) is 13.7. The van der Waals surface area contributed by atoms with Gasteiger partial charge in [-0.1, -0.05) is 97.1 Å². The maximum absolute atomic E-state index is 12.7. The van der Waals surface area contributed by atoms with Gasteiger partial charge in [-0.3, -0.25) is 0 Å². The van der Waals surface area contributed by atoms with Crippen LogP contribution in [0, 0.1) is 0 Å². The van der Waals surface area contributed by atoms with Gasteiger partial charge in [0.25, 0.3) is 0 Å². The van der Waals surface area contributed by atoms with Gasteiger partial charge in [-0.2, -0.15) is 0 Å². The van der Waals surface area contributed by atoms with E-state index in [1.165, 1.54) is 0 Å². The van der Waals surface area contributed by atoms with Crippen molar-refractivity contribution in [2.75, 3.05) is 27.7 Å². The van der Waals surface area contributed by atoms with Crippen LogP contribution in [0.2, 0.25) is 0 Å². The lowest BCUT2D eigenvalue weighted by molar-refractivity contribution is 0.00380. The van der Waals surface area contributed by atoms with E-state index in [2.05, 4.69) is 47.4 Å². The van der Waals surface area contributed by atoms with Crippen molar-refractivity contribution < 1.29 is 9.84 Å². The highest BCUT2D eigenvalue weighted by molar-refractivity contribution is 5.86. The van der Waals surface area contributed by atoms with Crippen LogP contribution < -0.4 is 4.74 Å². The third-order valence-corrected chi connectivity index (χ3v) is 7.24. The molecule has 0 aliphatic heterocycles. The van der Waals surface area contributed by atoms with Gasteiger partial charge in [0.05, 0.1) is 12.6 Å². The first kappa shape index (κ1) is 25.7. The van der Waals surface area contributed by atoms with Crippen LogP contribution in [0.15, 0.2) is 115 Å². The Bertz CT molecular complexity index is 1490. The van der Waals surface area contributed by atoms with E-state index in [9.17, 15) is 5.11 Å². The summed E-state index contributed by atoms with van der Waals surface area (Å²) in [6.07, 6.45) is 0.537. The van der Waals surface area contributed by atoms with Crippen molar-refractivity contribution in [3.05, 3.63) is 132 Å². The third kappa shape index (κ3) is 5.19. The molecule has 1 heterocycles. The molecule has 4 nitrogen and oxygen atoms in total. The van der Waals surface area contributed by atoms with E-state index in [1.807, 2.05) is 86.9 Å². The molecular weight excluding hydrogens is 468 g/mol. The van der Waals surface area contributed by atoms with Crippen LogP contribution in [-0.2, 0) is 5.60 Å². The largest absolute Gasteiger partial charge is 0.481 e. The number of nitrogens with zero attached hydrogens (tertiary/aromatic N) is 2. The maximum Gasteiger partial charge on any atom is 0.217 e. The zero-order valence-corrected chi connectivity index (χ0v) is 22.2. The summed E-state index contributed by atoms with van der Waals surface area (Å²) in [5.74, 6) is 0.122.